The van der Waals surface area contributed by atoms with Crippen LogP contribution in [0.15, 0.2) is 35.4 Å². The summed E-state index contributed by atoms with van der Waals surface area (Å²) in [7, 11) is 1.39. The van der Waals surface area contributed by atoms with Crippen LogP contribution in [-0.4, -0.2) is 35.3 Å². The average Bonchev–Trinajstić information content (AvgIpc) is 3.05. The van der Waals surface area contributed by atoms with E-state index in [9.17, 15) is 19.1 Å². The molecule has 0 unspecified atom stereocenters. The molecule has 10 heteroatoms. The lowest BCUT2D eigenvalue weighted by Crippen LogP contribution is -2.30. The Hall–Kier alpha value is -3.56. The van der Waals surface area contributed by atoms with Gasteiger partial charge in [-0.2, -0.15) is 4.68 Å². The Morgan fingerprint density at radius 2 is 2.00 bits per heavy atom. The number of hydrogen-bond acceptors (Lipinski definition) is 6. The summed E-state index contributed by atoms with van der Waals surface area (Å²) in [6.07, 6.45) is 1.34. The highest BCUT2D eigenvalue weighted by molar-refractivity contribution is 5.94. The Kier molecular flexibility index (Phi) is 4.48. The van der Waals surface area contributed by atoms with Crippen LogP contribution in [0.2, 0.25) is 0 Å². The predicted molar refractivity (Wildman–Crippen MR) is 88.4 cm³/mol. The fourth-order valence-corrected chi connectivity index (χ4v) is 2.25. The number of aromatic hydroxyl groups is 1. The van der Waals surface area contributed by atoms with Gasteiger partial charge in [0.1, 0.15) is 18.0 Å². The van der Waals surface area contributed by atoms with Crippen molar-refractivity contribution in [2.75, 3.05) is 0 Å². The lowest BCUT2D eigenvalue weighted by Gasteiger charge is -2.11. The minimum absolute atomic E-state index is 0.0281. The van der Waals surface area contributed by atoms with Gasteiger partial charge < -0.3 is 10.4 Å². The van der Waals surface area contributed by atoms with Crippen molar-refractivity contribution in [1.29, 1.82) is 0 Å². The quantitative estimate of drug-likeness (QED) is 0.699. The highest BCUT2D eigenvalue weighted by Crippen LogP contribution is 2.12. The first-order valence-electron chi connectivity index (χ1n) is 7.58. The molecule has 0 saturated heterocycles. The van der Waals surface area contributed by atoms with Crippen LogP contribution in [0, 0.1) is 12.7 Å². The Morgan fingerprint density at radius 1 is 1.31 bits per heavy atom. The second kappa shape index (κ2) is 6.75. The van der Waals surface area contributed by atoms with Crippen molar-refractivity contribution in [3.63, 3.8) is 0 Å². The number of aryl methyl sites for hydroxylation is 1. The fraction of sp³-hybridized carbons (Fsp3) is 0.188. The van der Waals surface area contributed by atoms with E-state index >= 15 is 0 Å². The molecule has 2 heterocycles. The molecule has 9 nitrogen and oxygen atoms in total. The van der Waals surface area contributed by atoms with Crippen LogP contribution in [0.5, 0.6) is 5.75 Å². The summed E-state index contributed by atoms with van der Waals surface area (Å²) in [6.45, 7) is 1.73. The number of nitrogens with zero attached hydrogens (tertiary/aromatic N) is 5. The summed E-state index contributed by atoms with van der Waals surface area (Å²) in [4.78, 5) is 32.5. The van der Waals surface area contributed by atoms with Gasteiger partial charge >= 0.3 is 0 Å². The minimum Gasteiger partial charge on any atom is -0.501 e. The van der Waals surface area contributed by atoms with Gasteiger partial charge in [0.05, 0.1) is 0 Å². The molecule has 0 fully saturated rings. The molecule has 0 aliphatic carbocycles. The van der Waals surface area contributed by atoms with Crippen molar-refractivity contribution in [2.45, 2.75) is 13.5 Å². The SMILES string of the molecule is Cc1ncn(-c2nc(C(=O)NCc3ccc(F)cc3)c(O)c(=O)n2C)n1. The van der Waals surface area contributed by atoms with E-state index in [1.807, 2.05) is 0 Å². The second-order valence-corrected chi connectivity index (χ2v) is 5.52. The van der Waals surface area contributed by atoms with E-state index < -0.39 is 28.7 Å². The maximum atomic E-state index is 12.9. The molecule has 3 rings (SSSR count). The van der Waals surface area contributed by atoms with Crippen LogP contribution in [0.3, 0.4) is 0 Å². The summed E-state index contributed by atoms with van der Waals surface area (Å²) in [5, 5.41) is 16.6. The van der Waals surface area contributed by atoms with E-state index in [0.29, 0.717) is 11.4 Å². The van der Waals surface area contributed by atoms with Gasteiger partial charge in [0.2, 0.25) is 11.7 Å². The number of halogens is 1. The van der Waals surface area contributed by atoms with Crippen molar-refractivity contribution in [2.24, 2.45) is 7.05 Å². The minimum atomic E-state index is -0.796. The summed E-state index contributed by atoms with van der Waals surface area (Å²) in [5.74, 6) is -1.43. The zero-order valence-corrected chi connectivity index (χ0v) is 14.0. The van der Waals surface area contributed by atoms with Gasteiger partial charge in [-0.05, 0) is 24.6 Å². The first-order chi connectivity index (χ1) is 12.4. The third-order valence-corrected chi connectivity index (χ3v) is 3.64. The van der Waals surface area contributed by atoms with E-state index in [-0.39, 0.29) is 12.5 Å². The van der Waals surface area contributed by atoms with Gasteiger partial charge in [-0.3, -0.25) is 14.2 Å². The molecule has 2 N–H and O–H groups in total. The number of nitrogens with one attached hydrogen (secondary N) is 1. The van der Waals surface area contributed by atoms with Crippen LogP contribution >= 0.6 is 0 Å². The van der Waals surface area contributed by atoms with Crippen LogP contribution in [-0.2, 0) is 13.6 Å². The maximum Gasteiger partial charge on any atom is 0.297 e. The molecule has 26 heavy (non-hydrogen) atoms. The van der Waals surface area contributed by atoms with Crippen molar-refractivity contribution in [3.8, 4) is 11.7 Å². The average molecular weight is 358 g/mol. The predicted octanol–water partition coefficient (Wildman–Crippen LogP) is 0.444. The van der Waals surface area contributed by atoms with Gasteiger partial charge in [0.25, 0.3) is 11.5 Å². The Balaban J connectivity index is 1.91. The zero-order chi connectivity index (χ0) is 18.8. The van der Waals surface area contributed by atoms with Crippen molar-refractivity contribution < 1.29 is 14.3 Å². The number of amides is 1. The zero-order valence-electron chi connectivity index (χ0n) is 14.0. The normalized spacial score (nSPS) is 10.7. The number of hydrogen-bond donors (Lipinski definition) is 2. The van der Waals surface area contributed by atoms with Gasteiger partial charge in [0, 0.05) is 13.6 Å². The van der Waals surface area contributed by atoms with Crippen LogP contribution in [0.1, 0.15) is 21.9 Å². The summed E-state index contributed by atoms with van der Waals surface area (Å²) >= 11 is 0. The molecule has 0 spiro atoms. The number of rotatable bonds is 4. The van der Waals surface area contributed by atoms with Gasteiger partial charge in [0.15, 0.2) is 5.69 Å². The van der Waals surface area contributed by atoms with Crippen molar-refractivity contribution in [3.05, 3.63) is 63.8 Å². The number of carbonyl (C=O) groups is 1. The molecule has 0 saturated carbocycles. The molecule has 0 bridgehead atoms. The standard InChI is InChI=1S/C16H15FN6O3/c1-9-19-8-23(21-9)16-20-12(13(24)15(26)22(16)2)14(25)18-7-10-3-5-11(17)6-4-10/h3-6,8,24H,7H2,1-2H3,(H,18,25). The molecule has 1 aromatic carbocycles. The van der Waals surface area contributed by atoms with Crippen molar-refractivity contribution >= 4 is 5.91 Å². The molecule has 0 radical (unpaired) electrons. The van der Waals surface area contributed by atoms with Crippen LogP contribution in [0.4, 0.5) is 4.39 Å². The molecular formula is C16H15FN6O3. The monoisotopic (exact) mass is 358 g/mol. The van der Waals surface area contributed by atoms with Crippen LogP contribution in [0.25, 0.3) is 5.95 Å². The highest BCUT2D eigenvalue weighted by Gasteiger charge is 2.21. The van der Waals surface area contributed by atoms with Gasteiger partial charge in [-0.25, -0.2) is 14.4 Å². The molecule has 3 aromatic rings. The fourth-order valence-electron chi connectivity index (χ4n) is 2.25. The lowest BCUT2D eigenvalue weighted by atomic mass is 10.2. The smallest absolute Gasteiger partial charge is 0.297 e. The third kappa shape index (κ3) is 3.29. The van der Waals surface area contributed by atoms with Crippen molar-refractivity contribution in [1.82, 2.24) is 29.6 Å². The number of carbonyl (C=O) groups excluding carboxylic acids is 1. The summed E-state index contributed by atoms with van der Waals surface area (Å²) < 4.78 is 15.2. The largest absolute Gasteiger partial charge is 0.501 e. The first kappa shape index (κ1) is 17.3. The number of aromatic nitrogens is 5. The Bertz CT molecular complexity index is 1030. The molecular weight excluding hydrogens is 343 g/mol. The molecule has 134 valence electrons. The Morgan fingerprint density at radius 3 is 2.62 bits per heavy atom. The van der Waals surface area contributed by atoms with E-state index in [1.54, 1.807) is 6.92 Å². The second-order valence-electron chi connectivity index (χ2n) is 5.52. The van der Waals surface area contributed by atoms with E-state index in [4.69, 9.17) is 0 Å². The molecule has 0 atom stereocenters. The molecule has 0 aliphatic heterocycles. The lowest BCUT2D eigenvalue weighted by molar-refractivity contribution is 0.0942. The summed E-state index contributed by atoms with van der Waals surface area (Å²) in [5.41, 5.74) is -0.580. The molecule has 1 amide bonds. The van der Waals surface area contributed by atoms with E-state index in [2.05, 4.69) is 20.4 Å². The van der Waals surface area contributed by atoms with Crippen LogP contribution < -0.4 is 10.9 Å². The topological polar surface area (TPSA) is 115 Å². The molecule has 0 aliphatic rings. The van der Waals surface area contributed by atoms with E-state index in [0.717, 1.165) is 4.57 Å². The first-order valence-corrected chi connectivity index (χ1v) is 7.58. The van der Waals surface area contributed by atoms with E-state index in [1.165, 1.54) is 42.3 Å². The highest BCUT2D eigenvalue weighted by atomic mass is 19.1. The maximum absolute atomic E-state index is 12.9. The molecule has 2 aromatic heterocycles. The number of benzene rings is 1. The van der Waals surface area contributed by atoms with Gasteiger partial charge in [-0.15, -0.1) is 5.10 Å². The summed E-state index contributed by atoms with van der Waals surface area (Å²) in [6, 6.07) is 5.55. The van der Waals surface area contributed by atoms with Gasteiger partial charge in [-0.1, -0.05) is 12.1 Å². The Labute approximate surface area is 146 Å². The third-order valence-electron chi connectivity index (χ3n) is 3.64.